The summed E-state index contributed by atoms with van der Waals surface area (Å²) < 4.78 is 2.25. The molecule has 2 aliphatic rings. The van der Waals surface area contributed by atoms with Crippen LogP contribution in [0.15, 0.2) is 65.8 Å². The highest BCUT2D eigenvalue weighted by molar-refractivity contribution is 6.52. The van der Waals surface area contributed by atoms with Crippen LogP contribution in [0, 0.1) is 5.92 Å². The van der Waals surface area contributed by atoms with Crippen molar-refractivity contribution in [3.8, 4) is 0 Å². The van der Waals surface area contributed by atoms with E-state index in [-0.39, 0.29) is 11.6 Å². The molecule has 152 valence electrons. The molecule has 1 unspecified atom stereocenters. The summed E-state index contributed by atoms with van der Waals surface area (Å²) in [6.45, 7) is 3.00. The number of carbonyl (C=O) groups is 2. The lowest BCUT2D eigenvalue weighted by atomic mass is 9.95. The fourth-order valence-corrected chi connectivity index (χ4v) is 4.55. The standard InChI is InChI=1S/C24H24N4O2/c29-23-21(22(24(30)27-23)26-17-6-2-1-3-7-17)19-15-28(14-16-10-12-25-13-11-16)20-9-5-4-8-18(19)20/h1-9,15-16,21,25H,10-14H2,(H,27,29,30). The zero-order valence-electron chi connectivity index (χ0n) is 16.7. The maximum atomic E-state index is 12.8. The van der Waals surface area contributed by atoms with Crippen molar-refractivity contribution in [1.82, 2.24) is 15.2 Å². The Morgan fingerprint density at radius 1 is 0.967 bits per heavy atom. The van der Waals surface area contributed by atoms with Crippen LogP contribution in [0.1, 0.15) is 24.3 Å². The van der Waals surface area contributed by atoms with Crippen LogP contribution in [-0.4, -0.2) is 35.2 Å². The number of nitrogens with one attached hydrogen (secondary N) is 2. The lowest BCUT2D eigenvalue weighted by Crippen LogP contribution is -2.29. The Bertz CT molecular complexity index is 1130. The molecule has 5 rings (SSSR count). The molecule has 2 aromatic carbocycles. The van der Waals surface area contributed by atoms with E-state index >= 15 is 0 Å². The second kappa shape index (κ2) is 7.88. The number of para-hydroxylation sites is 2. The van der Waals surface area contributed by atoms with Gasteiger partial charge in [-0.2, -0.15) is 0 Å². The number of amides is 2. The van der Waals surface area contributed by atoms with Crippen molar-refractivity contribution < 1.29 is 9.59 Å². The van der Waals surface area contributed by atoms with Gasteiger partial charge in [0.2, 0.25) is 5.91 Å². The molecule has 2 fully saturated rings. The number of benzene rings is 2. The summed E-state index contributed by atoms with van der Waals surface area (Å²) in [5.41, 5.74) is 2.87. The lowest BCUT2D eigenvalue weighted by molar-refractivity contribution is -0.124. The number of carbonyl (C=O) groups excluding carboxylic acids is 2. The van der Waals surface area contributed by atoms with Crippen LogP contribution in [-0.2, 0) is 16.1 Å². The van der Waals surface area contributed by atoms with E-state index in [1.165, 1.54) is 0 Å². The average Bonchev–Trinajstić information content (AvgIpc) is 3.26. The number of hydrogen-bond donors (Lipinski definition) is 2. The molecule has 3 heterocycles. The largest absolute Gasteiger partial charge is 0.347 e. The Morgan fingerprint density at radius 2 is 1.70 bits per heavy atom. The minimum Gasteiger partial charge on any atom is -0.347 e. The molecule has 0 spiro atoms. The topological polar surface area (TPSA) is 75.5 Å². The molecule has 0 bridgehead atoms. The molecule has 0 aliphatic carbocycles. The summed E-state index contributed by atoms with van der Waals surface area (Å²) in [7, 11) is 0. The molecule has 30 heavy (non-hydrogen) atoms. The molecule has 0 radical (unpaired) electrons. The predicted molar refractivity (Wildman–Crippen MR) is 117 cm³/mol. The Balaban J connectivity index is 1.58. The van der Waals surface area contributed by atoms with Crippen molar-refractivity contribution in [2.45, 2.75) is 25.3 Å². The van der Waals surface area contributed by atoms with Gasteiger partial charge in [0.05, 0.1) is 5.69 Å². The number of imide groups is 1. The number of piperidine rings is 1. The van der Waals surface area contributed by atoms with E-state index in [1.807, 2.05) is 48.5 Å². The molecule has 2 N–H and O–H groups in total. The Morgan fingerprint density at radius 3 is 2.50 bits per heavy atom. The molecule has 2 amide bonds. The fraction of sp³-hybridized carbons (Fsp3) is 0.292. The molecule has 0 saturated carbocycles. The normalized spacial score (nSPS) is 21.5. The molecule has 6 nitrogen and oxygen atoms in total. The minimum absolute atomic E-state index is 0.260. The van der Waals surface area contributed by atoms with Crippen molar-refractivity contribution in [1.29, 1.82) is 0 Å². The third-order valence-corrected chi connectivity index (χ3v) is 6.05. The highest BCUT2D eigenvalue weighted by Crippen LogP contribution is 2.33. The average molecular weight is 400 g/mol. The summed E-state index contributed by atoms with van der Waals surface area (Å²) in [5.74, 6) is -0.813. The SMILES string of the molecule is O=C1NC(=O)C(c2cn(CC3CCNCC3)c3ccccc23)C1=Nc1ccccc1. The van der Waals surface area contributed by atoms with Crippen LogP contribution < -0.4 is 10.6 Å². The van der Waals surface area contributed by atoms with Gasteiger partial charge in [0, 0.05) is 23.6 Å². The maximum Gasteiger partial charge on any atom is 0.273 e. The summed E-state index contributed by atoms with van der Waals surface area (Å²) in [6, 6.07) is 17.4. The van der Waals surface area contributed by atoms with Crippen LogP contribution in [0.2, 0.25) is 0 Å². The molecule has 3 aromatic rings. The highest BCUT2D eigenvalue weighted by Gasteiger charge is 2.40. The zero-order chi connectivity index (χ0) is 20.5. The smallest absolute Gasteiger partial charge is 0.273 e. The molecule has 1 atom stereocenters. The zero-order valence-corrected chi connectivity index (χ0v) is 16.7. The van der Waals surface area contributed by atoms with E-state index in [9.17, 15) is 9.59 Å². The molecule has 1 aromatic heterocycles. The van der Waals surface area contributed by atoms with Gasteiger partial charge in [-0.25, -0.2) is 4.99 Å². The van der Waals surface area contributed by atoms with Crippen LogP contribution in [0.5, 0.6) is 0 Å². The number of aliphatic imine (C=N–C) groups is 1. The first kappa shape index (κ1) is 18.8. The summed E-state index contributed by atoms with van der Waals surface area (Å²) in [4.78, 5) is 29.9. The van der Waals surface area contributed by atoms with Crippen molar-refractivity contribution in [2.24, 2.45) is 10.9 Å². The van der Waals surface area contributed by atoms with E-state index in [0.717, 1.165) is 48.9 Å². The molecular weight excluding hydrogens is 376 g/mol. The van der Waals surface area contributed by atoms with Crippen LogP contribution >= 0.6 is 0 Å². The van der Waals surface area contributed by atoms with Gasteiger partial charge in [-0.15, -0.1) is 0 Å². The molecular formula is C24H24N4O2. The first-order valence-corrected chi connectivity index (χ1v) is 10.5. The third kappa shape index (κ3) is 3.44. The quantitative estimate of drug-likeness (QED) is 0.661. The summed E-state index contributed by atoms with van der Waals surface area (Å²) in [6.07, 6.45) is 4.34. The first-order chi connectivity index (χ1) is 14.7. The molecule has 2 aliphatic heterocycles. The number of hydrogen-bond acceptors (Lipinski definition) is 4. The van der Waals surface area contributed by atoms with Gasteiger partial charge in [-0.05, 0) is 55.6 Å². The maximum absolute atomic E-state index is 12.8. The second-order valence-corrected chi connectivity index (χ2v) is 8.03. The van der Waals surface area contributed by atoms with Crippen molar-refractivity contribution in [3.63, 3.8) is 0 Å². The van der Waals surface area contributed by atoms with Gasteiger partial charge in [0.25, 0.3) is 5.91 Å². The summed E-state index contributed by atoms with van der Waals surface area (Å²) in [5, 5.41) is 6.88. The Hall–Kier alpha value is -3.25. The van der Waals surface area contributed by atoms with Gasteiger partial charge >= 0.3 is 0 Å². The number of aromatic nitrogens is 1. The van der Waals surface area contributed by atoms with Crippen LogP contribution in [0.3, 0.4) is 0 Å². The van der Waals surface area contributed by atoms with Gasteiger partial charge in [0.15, 0.2) is 0 Å². The summed E-state index contributed by atoms with van der Waals surface area (Å²) >= 11 is 0. The minimum atomic E-state index is -0.697. The van der Waals surface area contributed by atoms with E-state index in [1.54, 1.807) is 0 Å². The Kier molecular flexibility index (Phi) is 4.93. The predicted octanol–water partition coefficient (Wildman–Crippen LogP) is 3.15. The van der Waals surface area contributed by atoms with Crippen molar-refractivity contribution >= 4 is 34.1 Å². The van der Waals surface area contributed by atoms with Crippen molar-refractivity contribution in [3.05, 3.63) is 66.4 Å². The highest BCUT2D eigenvalue weighted by atomic mass is 16.2. The van der Waals surface area contributed by atoms with Gasteiger partial charge in [-0.3, -0.25) is 14.9 Å². The molecule has 2 saturated heterocycles. The van der Waals surface area contributed by atoms with E-state index in [4.69, 9.17) is 0 Å². The van der Waals surface area contributed by atoms with Crippen LogP contribution in [0.4, 0.5) is 5.69 Å². The molecule has 6 heteroatoms. The van der Waals surface area contributed by atoms with Crippen LogP contribution in [0.25, 0.3) is 10.9 Å². The van der Waals surface area contributed by atoms with Crippen molar-refractivity contribution in [2.75, 3.05) is 13.1 Å². The lowest BCUT2D eigenvalue weighted by Gasteiger charge is -2.23. The number of nitrogens with zero attached hydrogens (tertiary/aromatic N) is 2. The van der Waals surface area contributed by atoms with E-state index in [2.05, 4.69) is 32.5 Å². The fourth-order valence-electron chi connectivity index (χ4n) is 4.55. The first-order valence-electron chi connectivity index (χ1n) is 10.5. The van der Waals surface area contributed by atoms with E-state index in [0.29, 0.717) is 11.6 Å². The third-order valence-electron chi connectivity index (χ3n) is 6.05. The Labute approximate surface area is 175 Å². The van der Waals surface area contributed by atoms with E-state index < -0.39 is 11.8 Å². The van der Waals surface area contributed by atoms with Gasteiger partial charge < -0.3 is 9.88 Å². The number of fused-ring (bicyclic) bond motifs is 1. The van der Waals surface area contributed by atoms with Gasteiger partial charge in [0.1, 0.15) is 11.6 Å². The second-order valence-electron chi connectivity index (χ2n) is 8.03. The monoisotopic (exact) mass is 400 g/mol. The number of rotatable bonds is 4. The van der Waals surface area contributed by atoms with Gasteiger partial charge in [-0.1, -0.05) is 36.4 Å².